The molecule has 5 aliphatic rings. The van der Waals surface area contributed by atoms with Crippen LogP contribution in [0.15, 0.2) is 23.0 Å². The molecule has 0 aromatic carbocycles. The third-order valence-corrected chi connectivity index (χ3v) is 8.16. The van der Waals surface area contributed by atoms with Gasteiger partial charge in [0.15, 0.2) is 0 Å². The van der Waals surface area contributed by atoms with E-state index in [2.05, 4.69) is 17.9 Å². The van der Waals surface area contributed by atoms with E-state index < -0.39 is 0 Å². The minimum Gasteiger partial charge on any atom is -0.501 e. The molecule has 2 bridgehead atoms. The SMILES string of the molecule is COC1=CC2=C(CC1)CC1N(CC3CC3)CCC23CCCC13C. The molecule has 0 N–H and O–H groups in total. The van der Waals surface area contributed by atoms with Crippen molar-refractivity contribution in [3.63, 3.8) is 0 Å². The summed E-state index contributed by atoms with van der Waals surface area (Å²) in [5.41, 5.74) is 4.49. The van der Waals surface area contributed by atoms with Gasteiger partial charge in [-0.2, -0.15) is 0 Å². The quantitative estimate of drug-likeness (QED) is 0.750. The minimum absolute atomic E-state index is 0.468. The summed E-state index contributed by atoms with van der Waals surface area (Å²) in [4.78, 5) is 2.92. The van der Waals surface area contributed by atoms with Gasteiger partial charge >= 0.3 is 0 Å². The van der Waals surface area contributed by atoms with Crippen molar-refractivity contribution in [3.05, 3.63) is 23.0 Å². The Hall–Kier alpha value is -0.760. The second-order valence-corrected chi connectivity index (χ2v) is 9.09. The van der Waals surface area contributed by atoms with Crippen LogP contribution < -0.4 is 0 Å². The number of likely N-dealkylation sites (tertiary alicyclic amines) is 1. The molecule has 0 spiro atoms. The average Bonchev–Trinajstić information content (AvgIpc) is 3.29. The van der Waals surface area contributed by atoms with E-state index >= 15 is 0 Å². The molecule has 2 nitrogen and oxygen atoms in total. The van der Waals surface area contributed by atoms with E-state index in [1.807, 2.05) is 7.11 Å². The Kier molecular flexibility index (Phi) is 3.09. The van der Waals surface area contributed by atoms with Crippen molar-refractivity contribution >= 4 is 0 Å². The maximum atomic E-state index is 5.65. The molecule has 3 unspecified atom stereocenters. The Morgan fingerprint density at radius 1 is 1.22 bits per heavy atom. The van der Waals surface area contributed by atoms with Crippen LogP contribution in [0.2, 0.25) is 0 Å². The second-order valence-electron chi connectivity index (χ2n) is 9.09. The number of nitrogens with zero attached hydrogens (tertiary/aromatic N) is 1. The van der Waals surface area contributed by atoms with Crippen LogP contribution in [-0.4, -0.2) is 31.1 Å². The highest BCUT2D eigenvalue weighted by molar-refractivity contribution is 5.45. The van der Waals surface area contributed by atoms with Crippen molar-refractivity contribution in [3.8, 4) is 0 Å². The zero-order chi connectivity index (χ0) is 15.7. The van der Waals surface area contributed by atoms with E-state index in [-0.39, 0.29) is 0 Å². The van der Waals surface area contributed by atoms with Crippen LogP contribution in [0.25, 0.3) is 0 Å². The van der Waals surface area contributed by atoms with Gasteiger partial charge < -0.3 is 4.74 Å². The Morgan fingerprint density at radius 2 is 2.09 bits per heavy atom. The van der Waals surface area contributed by atoms with Gasteiger partial charge in [0.2, 0.25) is 0 Å². The maximum absolute atomic E-state index is 5.65. The normalized spacial score (nSPS) is 43.0. The molecular weight excluding hydrogens is 282 g/mol. The monoisotopic (exact) mass is 313 g/mol. The van der Waals surface area contributed by atoms with Crippen LogP contribution in [-0.2, 0) is 4.74 Å². The van der Waals surface area contributed by atoms with Gasteiger partial charge in [0.05, 0.1) is 12.9 Å². The molecule has 1 aliphatic heterocycles. The van der Waals surface area contributed by atoms with E-state index in [9.17, 15) is 0 Å². The average molecular weight is 313 g/mol. The highest BCUT2D eigenvalue weighted by Gasteiger charge is 2.63. The minimum atomic E-state index is 0.468. The highest BCUT2D eigenvalue weighted by atomic mass is 16.5. The summed E-state index contributed by atoms with van der Waals surface area (Å²) in [7, 11) is 1.85. The molecule has 2 saturated carbocycles. The number of rotatable bonds is 3. The fourth-order valence-electron chi connectivity index (χ4n) is 6.68. The molecule has 23 heavy (non-hydrogen) atoms. The predicted octanol–water partition coefficient (Wildman–Crippen LogP) is 4.67. The van der Waals surface area contributed by atoms with Crippen LogP contribution in [0, 0.1) is 16.7 Å². The van der Waals surface area contributed by atoms with Crippen molar-refractivity contribution < 1.29 is 4.74 Å². The van der Waals surface area contributed by atoms with Crippen molar-refractivity contribution in [2.45, 2.75) is 70.8 Å². The zero-order valence-corrected chi connectivity index (χ0v) is 14.9. The van der Waals surface area contributed by atoms with Gasteiger partial charge in [-0.1, -0.05) is 18.9 Å². The van der Waals surface area contributed by atoms with Gasteiger partial charge in [-0.3, -0.25) is 4.90 Å². The highest BCUT2D eigenvalue weighted by Crippen LogP contribution is 2.68. The summed E-state index contributed by atoms with van der Waals surface area (Å²) < 4.78 is 5.65. The fraction of sp³-hybridized carbons (Fsp3) is 0.810. The Labute approximate surface area is 141 Å². The third kappa shape index (κ3) is 1.91. The van der Waals surface area contributed by atoms with Gasteiger partial charge in [0.25, 0.3) is 0 Å². The number of hydrogen-bond acceptors (Lipinski definition) is 2. The van der Waals surface area contributed by atoms with Gasteiger partial charge in [0.1, 0.15) is 0 Å². The van der Waals surface area contributed by atoms with E-state index in [1.54, 1.807) is 11.1 Å². The lowest BCUT2D eigenvalue weighted by Gasteiger charge is -2.61. The van der Waals surface area contributed by atoms with E-state index in [0.717, 1.165) is 18.4 Å². The zero-order valence-electron chi connectivity index (χ0n) is 14.9. The summed E-state index contributed by atoms with van der Waals surface area (Å²) in [6, 6.07) is 0.815. The predicted molar refractivity (Wildman–Crippen MR) is 93.1 cm³/mol. The molecular formula is C21H31NO. The molecule has 126 valence electrons. The van der Waals surface area contributed by atoms with Crippen LogP contribution in [0.1, 0.15) is 64.7 Å². The van der Waals surface area contributed by atoms with E-state index in [4.69, 9.17) is 4.74 Å². The lowest BCUT2D eigenvalue weighted by molar-refractivity contribution is -0.0624. The molecule has 0 radical (unpaired) electrons. The molecule has 3 fully saturated rings. The second kappa shape index (κ2) is 4.88. The van der Waals surface area contributed by atoms with Gasteiger partial charge in [-0.15, -0.1) is 0 Å². The number of methoxy groups -OCH3 is 1. The lowest BCUT2D eigenvalue weighted by atomic mass is 9.50. The number of piperidine rings is 1. The summed E-state index contributed by atoms with van der Waals surface area (Å²) in [5, 5.41) is 0. The maximum Gasteiger partial charge on any atom is 0.0961 e. The summed E-state index contributed by atoms with van der Waals surface area (Å²) >= 11 is 0. The first-order chi connectivity index (χ1) is 11.2. The first-order valence-corrected chi connectivity index (χ1v) is 9.87. The molecule has 2 heteroatoms. The molecule has 1 heterocycles. The van der Waals surface area contributed by atoms with Gasteiger partial charge in [0, 0.05) is 24.4 Å². The summed E-state index contributed by atoms with van der Waals surface area (Å²) in [6.45, 7) is 5.37. The third-order valence-electron chi connectivity index (χ3n) is 8.16. The van der Waals surface area contributed by atoms with Crippen molar-refractivity contribution in [1.82, 2.24) is 4.90 Å². The smallest absolute Gasteiger partial charge is 0.0961 e. The Bertz CT molecular complexity index is 587. The van der Waals surface area contributed by atoms with Crippen LogP contribution in [0.4, 0.5) is 0 Å². The summed E-state index contributed by atoms with van der Waals surface area (Å²) in [6.07, 6.45) is 14.8. The molecule has 0 aromatic heterocycles. The molecule has 3 atom stereocenters. The molecule has 0 amide bonds. The lowest BCUT2D eigenvalue weighted by Crippen LogP contribution is -2.61. The van der Waals surface area contributed by atoms with Crippen LogP contribution in [0.3, 0.4) is 0 Å². The standard InChI is InChI=1S/C21H31NO/c1-20-8-3-9-21(20)10-11-22(14-15-4-5-15)19(20)12-16-6-7-17(23-2)13-18(16)21/h13,15,19H,3-12,14H2,1-2H3. The largest absolute Gasteiger partial charge is 0.501 e. The van der Waals surface area contributed by atoms with Crippen LogP contribution in [0.5, 0.6) is 0 Å². The van der Waals surface area contributed by atoms with Crippen molar-refractivity contribution in [2.75, 3.05) is 20.2 Å². The first-order valence-electron chi connectivity index (χ1n) is 9.87. The van der Waals surface area contributed by atoms with Crippen molar-refractivity contribution in [1.29, 1.82) is 0 Å². The van der Waals surface area contributed by atoms with Gasteiger partial charge in [-0.05, 0) is 74.5 Å². The fourth-order valence-corrected chi connectivity index (χ4v) is 6.68. The Balaban J connectivity index is 1.58. The van der Waals surface area contributed by atoms with Crippen LogP contribution >= 0.6 is 0 Å². The molecule has 0 aromatic rings. The number of hydrogen-bond donors (Lipinski definition) is 0. The number of allylic oxidation sites excluding steroid dienone is 3. The van der Waals surface area contributed by atoms with Gasteiger partial charge in [-0.25, -0.2) is 0 Å². The molecule has 5 rings (SSSR count). The molecule has 1 saturated heterocycles. The number of ether oxygens (including phenoxy) is 1. The van der Waals surface area contributed by atoms with Crippen molar-refractivity contribution in [2.24, 2.45) is 16.7 Å². The topological polar surface area (TPSA) is 12.5 Å². The van der Waals surface area contributed by atoms with E-state index in [1.165, 1.54) is 70.2 Å². The summed E-state index contributed by atoms with van der Waals surface area (Å²) in [5.74, 6) is 2.25. The Morgan fingerprint density at radius 3 is 2.87 bits per heavy atom. The molecule has 4 aliphatic carbocycles. The first kappa shape index (κ1) is 14.6. The van der Waals surface area contributed by atoms with E-state index in [0.29, 0.717) is 10.8 Å².